The fraction of sp³-hybridized carbons (Fsp3) is 0.324. The zero-order valence-electron chi connectivity index (χ0n) is 28.6. The summed E-state index contributed by atoms with van der Waals surface area (Å²) in [6.45, 7) is 8.75. The van der Waals surface area contributed by atoms with E-state index in [1.165, 1.54) is 18.3 Å². The zero-order valence-corrected chi connectivity index (χ0v) is 30.1. The highest BCUT2D eigenvalue weighted by molar-refractivity contribution is 6.36. The number of hydrazine groups is 2. The van der Waals surface area contributed by atoms with E-state index < -0.39 is 11.9 Å². The molecule has 0 radical (unpaired) electrons. The molecule has 1 amide bonds. The molecule has 1 fully saturated rings. The third kappa shape index (κ3) is 7.44. The molecule has 260 valence electrons. The quantitative estimate of drug-likeness (QED) is 0.147. The van der Waals surface area contributed by atoms with E-state index in [1.54, 1.807) is 37.2 Å². The molecular formula is C37H40Cl2FN9O. The van der Waals surface area contributed by atoms with Crippen molar-refractivity contribution in [2.45, 2.75) is 51.2 Å². The van der Waals surface area contributed by atoms with Crippen molar-refractivity contribution >= 4 is 57.1 Å². The largest absolute Gasteiger partial charge is 0.373 e. The lowest BCUT2D eigenvalue weighted by molar-refractivity contribution is 0.0570. The minimum atomic E-state index is -0.549. The molecule has 1 aromatic heterocycles. The van der Waals surface area contributed by atoms with Crippen LogP contribution in [0.4, 0.5) is 21.5 Å². The SMILES string of the molecule is CN(C)C(=O)c1cccc([C@H](Nc2cc(Cl)c3ncc(C#N)c(Nc4ccc(F)c(Cl)c4)c3c2)C2=CN(C3CCN(C(C)(C)C)CC3)NN2)c1. The zero-order chi connectivity index (χ0) is 35.7. The smallest absolute Gasteiger partial charge is 0.253 e. The number of benzene rings is 3. The average molecular weight is 717 g/mol. The fourth-order valence-corrected chi connectivity index (χ4v) is 6.85. The number of amides is 1. The molecular weight excluding hydrogens is 676 g/mol. The Morgan fingerprint density at radius 2 is 1.82 bits per heavy atom. The molecule has 4 N–H and O–H groups in total. The molecule has 13 heteroatoms. The molecule has 2 aliphatic rings. The monoisotopic (exact) mass is 715 g/mol. The first-order chi connectivity index (χ1) is 23.8. The Kier molecular flexibility index (Phi) is 10.1. The fourth-order valence-electron chi connectivity index (χ4n) is 6.40. The molecule has 2 aliphatic heterocycles. The van der Waals surface area contributed by atoms with Gasteiger partial charge in [0, 0.05) is 73.5 Å². The lowest BCUT2D eigenvalue weighted by atomic mass is 9.97. The molecule has 50 heavy (non-hydrogen) atoms. The van der Waals surface area contributed by atoms with Gasteiger partial charge in [0.2, 0.25) is 0 Å². The van der Waals surface area contributed by atoms with E-state index in [-0.39, 0.29) is 22.0 Å². The average Bonchev–Trinajstić information content (AvgIpc) is 3.58. The summed E-state index contributed by atoms with van der Waals surface area (Å²) in [5.41, 5.74) is 11.5. The van der Waals surface area contributed by atoms with Crippen molar-refractivity contribution in [1.82, 2.24) is 30.8 Å². The third-order valence-electron chi connectivity index (χ3n) is 9.14. The van der Waals surface area contributed by atoms with Gasteiger partial charge in [0.1, 0.15) is 11.9 Å². The number of aromatic nitrogens is 1. The van der Waals surface area contributed by atoms with Gasteiger partial charge in [0.15, 0.2) is 0 Å². The minimum Gasteiger partial charge on any atom is -0.373 e. The summed E-state index contributed by atoms with van der Waals surface area (Å²) in [5.74, 6) is -0.655. The molecule has 4 aromatic rings. The molecule has 3 heterocycles. The number of hydrogen-bond acceptors (Lipinski definition) is 9. The second kappa shape index (κ2) is 14.3. The van der Waals surface area contributed by atoms with Crippen molar-refractivity contribution in [2.24, 2.45) is 0 Å². The maximum Gasteiger partial charge on any atom is 0.253 e. The highest BCUT2D eigenvalue weighted by Crippen LogP contribution is 2.38. The van der Waals surface area contributed by atoms with Crippen LogP contribution in [0.15, 0.2) is 72.7 Å². The van der Waals surface area contributed by atoms with Gasteiger partial charge in [-0.15, -0.1) is 5.53 Å². The van der Waals surface area contributed by atoms with Crippen LogP contribution in [0.1, 0.15) is 61.1 Å². The number of nitrogens with zero attached hydrogens (tertiary/aromatic N) is 5. The van der Waals surface area contributed by atoms with Gasteiger partial charge in [-0.1, -0.05) is 35.3 Å². The number of halogens is 3. The van der Waals surface area contributed by atoms with Crippen molar-refractivity contribution in [3.63, 3.8) is 0 Å². The first-order valence-electron chi connectivity index (χ1n) is 16.4. The van der Waals surface area contributed by atoms with Gasteiger partial charge in [-0.05, 0) is 81.6 Å². The Bertz CT molecular complexity index is 2000. The predicted molar refractivity (Wildman–Crippen MR) is 198 cm³/mol. The number of carbonyl (C=O) groups is 1. The predicted octanol–water partition coefficient (Wildman–Crippen LogP) is 7.58. The summed E-state index contributed by atoms with van der Waals surface area (Å²) in [6.07, 6.45) is 5.54. The van der Waals surface area contributed by atoms with Crippen LogP contribution in [0.3, 0.4) is 0 Å². The number of hydrogen-bond donors (Lipinski definition) is 4. The molecule has 1 saturated heterocycles. The number of nitrogens with one attached hydrogen (secondary N) is 4. The summed E-state index contributed by atoms with van der Waals surface area (Å²) in [4.78, 5) is 21.5. The molecule has 0 bridgehead atoms. The van der Waals surface area contributed by atoms with E-state index >= 15 is 0 Å². The maximum atomic E-state index is 13.9. The standard InChI is InChI=1S/C37H40Cl2FN9O/c1-37(2,3)48-13-11-27(12-14-48)49-21-32(45-46-49)34(22-7-6-8-23(15-22)36(50)47(4)5)44-26-16-28-33(43-25-9-10-31(40)29(38)17-25)24(19-41)20-42-35(28)30(39)18-26/h6-10,15-18,20-21,27,34,44-46H,11-14H2,1-5H3,(H,42,43)/t34-/m0/s1. The lowest BCUT2D eigenvalue weighted by Gasteiger charge is -2.42. The van der Waals surface area contributed by atoms with Crippen LogP contribution in [0, 0.1) is 17.1 Å². The molecule has 0 unspecified atom stereocenters. The van der Waals surface area contributed by atoms with Gasteiger partial charge >= 0.3 is 0 Å². The van der Waals surface area contributed by atoms with Crippen LogP contribution in [-0.2, 0) is 0 Å². The van der Waals surface area contributed by atoms with E-state index in [9.17, 15) is 14.4 Å². The number of carbonyl (C=O) groups excluding carboxylic acids is 1. The van der Waals surface area contributed by atoms with E-state index in [0.717, 1.165) is 37.2 Å². The van der Waals surface area contributed by atoms with E-state index in [2.05, 4.69) is 69.5 Å². The summed E-state index contributed by atoms with van der Waals surface area (Å²) in [7, 11) is 3.45. The topological polar surface area (TPSA) is 112 Å². The molecule has 6 rings (SSSR count). The number of likely N-dealkylation sites (tertiary alicyclic amines) is 1. The van der Waals surface area contributed by atoms with Crippen molar-refractivity contribution < 1.29 is 9.18 Å². The maximum absolute atomic E-state index is 13.9. The van der Waals surface area contributed by atoms with Crippen LogP contribution in [0.5, 0.6) is 0 Å². The summed E-state index contributed by atoms with van der Waals surface area (Å²) < 4.78 is 13.9. The summed E-state index contributed by atoms with van der Waals surface area (Å²) in [6, 6.07) is 17.5. The van der Waals surface area contributed by atoms with Gasteiger partial charge in [0.25, 0.3) is 5.91 Å². The summed E-state index contributed by atoms with van der Waals surface area (Å²) >= 11 is 12.9. The number of rotatable bonds is 8. The second-order valence-corrected chi connectivity index (χ2v) is 14.6. The number of nitriles is 1. The van der Waals surface area contributed by atoms with E-state index in [4.69, 9.17) is 23.2 Å². The Balaban J connectivity index is 1.38. The van der Waals surface area contributed by atoms with Crippen molar-refractivity contribution in [3.05, 3.63) is 105 Å². The molecule has 0 saturated carbocycles. The van der Waals surface area contributed by atoms with Gasteiger partial charge in [-0.25, -0.2) is 4.39 Å². The first-order valence-corrected chi connectivity index (χ1v) is 17.2. The number of pyridine rings is 1. The van der Waals surface area contributed by atoms with Crippen molar-refractivity contribution in [2.75, 3.05) is 37.8 Å². The second-order valence-electron chi connectivity index (χ2n) is 13.8. The minimum absolute atomic E-state index is 0.0511. The third-order valence-corrected chi connectivity index (χ3v) is 9.72. The van der Waals surface area contributed by atoms with Crippen LogP contribution in [0.25, 0.3) is 10.9 Å². The van der Waals surface area contributed by atoms with Gasteiger partial charge < -0.3 is 21.0 Å². The van der Waals surface area contributed by atoms with E-state index in [0.29, 0.717) is 44.6 Å². The van der Waals surface area contributed by atoms with Crippen LogP contribution in [-0.4, -0.2) is 64.5 Å². The molecule has 0 spiro atoms. The van der Waals surface area contributed by atoms with Gasteiger partial charge in [-0.2, -0.15) is 5.26 Å². The molecule has 0 aliphatic carbocycles. The number of piperidine rings is 1. The Hall–Kier alpha value is -4.60. The Morgan fingerprint density at radius 3 is 2.50 bits per heavy atom. The normalized spacial score (nSPS) is 16.1. The number of anilines is 3. The van der Waals surface area contributed by atoms with Gasteiger partial charge in [-0.3, -0.25) is 19.7 Å². The highest BCUT2D eigenvalue weighted by Gasteiger charge is 2.32. The van der Waals surface area contributed by atoms with Crippen molar-refractivity contribution in [3.8, 4) is 6.07 Å². The summed E-state index contributed by atoms with van der Waals surface area (Å²) in [5, 5.41) is 19.9. The Morgan fingerprint density at radius 1 is 1.08 bits per heavy atom. The van der Waals surface area contributed by atoms with Crippen LogP contribution >= 0.6 is 23.2 Å². The first kappa shape index (κ1) is 35.2. The molecule has 10 nitrogen and oxygen atoms in total. The van der Waals surface area contributed by atoms with Crippen molar-refractivity contribution in [1.29, 1.82) is 5.26 Å². The highest BCUT2D eigenvalue weighted by atomic mass is 35.5. The van der Waals surface area contributed by atoms with E-state index in [1.807, 2.05) is 24.3 Å². The van der Waals surface area contributed by atoms with Gasteiger partial charge in [0.05, 0.1) is 38.6 Å². The van der Waals surface area contributed by atoms with Crippen LogP contribution < -0.4 is 21.6 Å². The molecule has 3 aromatic carbocycles. The molecule has 1 atom stereocenters. The lowest BCUT2D eigenvalue weighted by Crippen LogP contribution is -2.52. The van der Waals surface area contributed by atoms with Crippen LogP contribution in [0.2, 0.25) is 10.0 Å². The number of fused-ring (bicyclic) bond motifs is 1. The Labute approximate surface area is 301 Å².